The van der Waals surface area contributed by atoms with Crippen molar-refractivity contribution in [3.05, 3.63) is 42.0 Å². The summed E-state index contributed by atoms with van der Waals surface area (Å²) >= 11 is 0. The Morgan fingerprint density at radius 3 is 2.38 bits per heavy atom. The van der Waals surface area contributed by atoms with Crippen LogP contribution in [0, 0.1) is 0 Å². The quantitative estimate of drug-likeness (QED) is 0.889. The first-order valence-corrected chi connectivity index (χ1v) is 6.65. The molecule has 0 aliphatic heterocycles. The first-order chi connectivity index (χ1) is 11.0. The third-order valence-electron chi connectivity index (χ3n) is 3.26. The first-order valence-electron chi connectivity index (χ1n) is 6.65. The Labute approximate surface area is 134 Å². The van der Waals surface area contributed by atoms with E-state index in [4.69, 9.17) is 5.11 Å². The van der Waals surface area contributed by atoms with Gasteiger partial charge in [0.05, 0.1) is 17.4 Å². The van der Waals surface area contributed by atoms with Crippen LogP contribution in [0.15, 0.2) is 30.7 Å². The molecule has 0 atom stereocenters. The molecule has 0 radical (unpaired) electrons. The van der Waals surface area contributed by atoms with Crippen LogP contribution in [0.5, 0.6) is 0 Å². The number of anilines is 1. The molecule has 10 heteroatoms. The molecule has 7 nitrogen and oxygen atoms in total. The average molecular weight is 342 g/mol. The van der Waals surface area contributed by atoms with Crippen molar-refractivity contribution >= 4 is 17.6 Å². The molecule has 0 saturated heterocycles. The van der Waals surface area contributed by atoms with Crippen LogP contribution in [-0.4, -0.2) is 31.7 Å². The Morgan fingerprint density at radius 1 is 1.21 bits per heavy atom. The van der Waals surface area contributed by atoms with Crippen LogP contribution in [0.1, 0.15) is 29.9 Å². The summed E-state index contributed by atoms with van der Waals surface area (Å²) in [5.74, 6) is -1.86. The minimum absolute atomic E-state index is 0.191. The third-order valence-corrected chi connectivity index (χ3v) is 3.26. The SMILES string of the molecule is CC(C)(C(=O)O)n1cc(NC(=O)c2ccc(C(F)(F)F)cn2)cn1. The van der Waals surface area contributed by atoms with Crippen molar-refractivity contribution in [1.29, 1.82) is 0 Å². The number of pyridine rings is 1. The van der Waals surface area contributed by atoms with Gasteiger partial charge in [-0.25, -0.2) is 4.79 Å². The fraction of sp³-hybridized carbons (Fsp3) is 0.286. The summed E-state index contributed by atoms with van der Waals surface area (Å²) < 4.78 is 38.5. The third kappa shape index (κ3) is 3.53. The van der Waals surface area contributed by atoms with Gasteiger partial charge in [0.1, 0.15) is 5.69 Å². The topological polar surface area (TPSA) is 97.1 Å². The number of hydrogen-bond donors (Lipinski definition) is 2. The summed E-state index contributed by atoms with van der Waals surface area (Å²) in [4.78, 5) is 26.6. The summed E-state index contributed by atoms with van der Waals surface area (Å²) in [5.41, 5.74) is -2.31. The van der Waals surface area contributed by atoms with Gasteiger partial charge in [-0.1, -0.05) is 0 Å². The van der Waals surface area contributed by atoms with Gasteiger partial charge in [0.2, 0.25) is 0 Å². The van der Waals surface area contributed by atoms with Crippen LogP contribution in [0.25, 0.3) is 0 Å². The van der Waals surface area contributed by atoms with Gasteiger partial charge in [0.25, 0.3) is 5.91 Å². The summed E-state index contributed by atoms with van der Waals surface area (Å²) in [6.45, 7) is 2.84. The maximum atomic E-state index is 12.4. The highest BCUT2D eigenvalue weighted by Crippen LogP contribution is 2.28. The number of aromatic nitrogens is 3. The van der Waals surface area contributed by atoms with E-state index in [9.17, 15) is 22.8 Å². The number of halogens is 3. The molecule has 2 aromatic heterocycles. The molecule has 2 aromatic rings. The summed E-state index contributed by atoms with van der Waals surface area (Å²) in [6, 6.07) is 1.70. The predicted molar refractivity (Wildman–Crippen MR) is 76.4 cm³/mol. The van der Waals surface area contributed by atoms with Crippen molar-refractivity contribution in [2.24, 2.45) is 0 Å². The molecule has 0 aromatic carbocycles. The zero-order valence-electron chi connectivity index (χ0n) is 12.6. The molecule has 1 amide bonds. The molecule has 0 saturated carbocycles. The Hall–Kier alpha value is -2.91. The number of carbonyl (C=O) groups is 2. The number of rotatable bonds is 4. The number of alkyl halides is 3. The van der Waals surface area contributed by atoms with Crippen LogP contribution in [0.4, 0.5) is 18.9 Å². The Balaban J connectivity index is 2.13. The lowest BCUT2D eigenvalue weighted by Crippen LogP contribution is -2.35. The van der Waals surface area contributed by atoms with Crippen molar-refractivity contribution in [1.82, 2.24) is 14.8 Å². The summed E-state index contributed by atoms with van der Waals surface area (Å²) in [5, 5.41) is 15.3. The molecular weight excluding hydrogens is 329 g/mol. The smallest absolute Gasteiger partial charge is 0.417 e. The largest absolute Gasteiger partial charge is 0.479 e. The van der Waals surface area contributed by atoms with Crippen LogP contribution in [0.2, 0.25) is 0 Å². The minimum atomic E-state index is -4.54. The number of carbonyl (C=O) groups excluding carboxylic acids is 1. The van der Waals surface area contributed by atoms with Gasteiger partial charge >= 0.3 is 12.1 Å². The fourth-order valence-corrected chi connectivity index (χ4v) is 1.68. The van der Waals surface area contributed by atoms with Crippen LogP contribution < -0.4 is 5.32 Å². The normalized spacial score (nSPS) is 12.0. The highest BCUT2D eigenvalue weighted by atomic mass is 19.4. The number of nitrogens with zero attached hydrogens (tertiary/aromatic N) is 3. The molecule has 0 bridgehead atoms. The number of amides is 1. The van der Waals surface area contributed by atoms with E-state index in [2.05, 4.69) is 15.4 Å². The van der Waals surface area contributed by atoms with E-state index >= 15 is 0 Å². The average Bonchev–Trinajstić information content (AvgIpc) is 2.95. The van der Waals surface area contributed by atoms with Crippen molar-refractivity contribution in [3.8, 4) is 0 Å². The van der Waals surface area contributed by atoms with Crippen LogP contribution in [-0.2, 0) is 16.5 Å². The second-order valence-electron chi connectivity index (χ2n) is 5.42. The molecule has 0 unspecified atom stereocenters. The standard InChI is InChI=1S/C14H13F3N4O3/c1-13(2,12(23)24)21-7-9(6-19-21)20-11(22)10-4-3-8(5-18-10)14(15,16)17/h3-7H,1-2H3,(H,20,22)(H,23,24). The van der Waals surface area contributed by atoms with E-state index < -0.39 is 29.2 Å². The van der Waals surface area contributed by atoms with E-state index in [1.165, 1.54) is 26.2 Å². The van der Waals surface area contributed by atoms with E-state index in [0.717, 1.165) is 16.8 Å². The van der Waals surface area contributed by atoms with Crippen LogP contribution in [0.3, 0.4) is 0 Å². The molecule has 2 N–H and O–H groups in total. The summed E-state index contributed by atoms with van der Waals surface area (Å²) in [6.07, 6.45) is -1.44. The highest BCUT2D eigenvalue weighted by Gasteiger charge is 2.31. The van der Waals surface area contributed by atoms with Gasteiger partial charge in [0.15, 0.2) is 5.54 Å². The second kappa shape index (κ2) is 5.95. The molecule has 0 aliphatic rings. The molecule has 2 rings (SSSR count). The Kier molecular flexibility index (Phi) is 4.32. The van der Waals surface area contributed by atoms with Crippen molar-refractivity contribution in [2.45, 2.75) is 25.6 Å². The molecular formula is C14H13F3N4O3. The number of carboxylic acid groups (broad SMARTS) is 1. The van der Waals surface area contributed by atoms with Crippen molar-refractivity contribution in [3.63, 3.8) is 0 Å². The number of aliphatic carboxylic acids is 1. The van der Waals surface area contributed by atoms with Gasteiger partial charge in [-0.05, 0) is 26.0 Å². The molecule has 0 aliphatic carbocycles. The van der Waals surface area contributed by atoms with E-state index in [1.54, 1.807) is 0 Å². The Morgan fingerprint density at radius 2 is 1.88 bits per heavy atom. The lowest BCUT2D eigenvalue weighted by molar-refractivity contribution is -0.146. The van der Waals surface area contributed by atoms with Gasteiger partial charge in [-0.2, -0.15) is 18.3 Å². The highest BCUT2D eigenvalue weighted by molar-refractivity contribution is 6.02. The summed E-state index contributed by atoms with van der Waals surface area (Å²) in [7, 11) is 0. The van der Waals surface area contributed by atoms with E-state index in [0.29, 0.717) is 6.20 Å². The zero-order valence-corrected chi connectivity index (χ0v) is 12.6. The number of carboxylic acids is 1. The van der Waals surface area contributed by atoms with Crippen molar-refractivity contribution in [2.75, 3.05) is 5.32 Å². The molecule has 0 fully saturated rings. The molecule has 128 valence electrons. The Bertz CT molecular complexity index is 766. The minimum Gasteiger partial charge on any atom is -0.479 e. The fourth-order valence-electron chi connectivity index (χ4n) is 1.68. The first kappa shape index (κ1) is 17.4. The lowest BCUT2D eigenvalue weighted by atomic mass is 10.1. The van der Waals surface area contributed by atoms with Gasteiger partial charge < -0.3 is 10.4 Å². The monoisotopic (exact) mass is 342 g/mol. The predicted octanol–water partition coefficient (Wildman–Crippen LogP) is 2.37. The maximum absolute atomic E-state index is 12.4. The van der Waals surface area contributed by atoms with Gasteiger partial charge in [-0.15, -0.1) is 0 Å². The second-order valence-corrected chi connectivity index (χ2v) is 5.42. The van der Waals surface area contributed by atoms with Gasteiger partial charge in [-0.3, -0.25) is 14.5 Å². The molecule has 2 heterocycles. The zero-order chi connectivity index (χ0) is 18.1. The number of hydrogen-bond acceptors (Lipinski definition) is 4. The van der Waals surface area contributed by atoms with Crippen molar-refractivity contribution < 1.29 is 27.9 Å². The molecule has 0 spiro atoms. The van der Waals surface area contributed by atoms with E-state index in [1.807, 2.05) is 0 Å². The lowest BCUT2D eigenvalue weighted by Gasteiger charge is -2.19. The van der Waals surface area contributed by atoms with Crippen LogP contribution >= 0.6 is 0 Å². The maximum Gasteiger partial charge on any atom is 0.417 e. The molecule has 24 heavy (non-hydrogen) atoms. The van der Waals surface area contributed by atoms with E-state index in [-0.39, 0.29) is 11.4 Å². The number of nitrogens with one attached hydrogen (secondary N) is 1. The van der Waals surface area contributed by atoms with Gasteiger partial charge in [0, 0.05) is 12.4 Å².